The SMILES string of the molecule is CCOC(=O)/C=C/CN(CCC=O)S(=O)(=O)c1ccccc1. The van der Waals surface area contributed by atoms with Crippen LogP contribution in [0.15, 0.2) is 47.4 Å². The van der Waals surface area contributed by atoms with Crippen molar-refractivity contribution in [3.8, 4) is 0 Å². The summed E-state index contributed by atoms with van der Waals surface area (Å²) in [6, 6.07) is 7.94. The largest absolute Gasteiger partial charge is 0.463 e. The van der Waals surface area contributed by atoms with Crippen molar-refractivity contribution < 1.29 is 22.7 Å². The summed E-state index contributed by atoms with van der Waals surface area (Å²) in [5.41, 5.74) is 0. The molecule has 0 unspecified atom stereocenters. The number of ether oxygens (including phenoxy) is 1. The Morgan fingerprint density at radius 1 is 1.27 bits per heavy atom. The molecule has 0 amide bonds. The van der Waals surface area contributed by atoms with Crippen LogP contribution in [-0.4, -0.2) is 44.7 Å². The number of hydrogen-bond acceptors (Lipinski definition) is 5. The van der Waals surface area contributed by atoms with E-state index >= 15 is 0 Å². The van der Waals surface area contributed by atoms with Crippen molar-refractivity contribution in [3.05, 3.63) is 42.5 Å². The highest BCUT2D eigenvalue weighted by Crippen LogP contribution is 2.15. The minimum atomic E-state index is -3.71. The van der Waals surface area contributed by atoms with Crippen LogP contribution in [0, 0.1) is 0 Å². The molecule has 0 aliphatic carbocycles. The minimum absolute atomic E-state index is 0.0100. The van der Waals surface area contributed by atoms with Crippen LogP contribution in [0.5, 0.6) is 0 Å². The van der Waals surface area contributed by atoms with Crippen LogP contribution in [0.25, 0.3) is 0 Å². The van der Waals surface area contributed by atoms with Crippen LogP contribution < -0.4 is 0 Å². The second-order valence-electron chi connectivity index (χ2n) is 4.29. The number of rotatable bonds is 9. The van der Waals surface area contributed by atoms with E-state index in [0.717, 1.165) is 4.31 Å². The maximum Gasteiger partial charge on any atom is 0.330 e. The van der Waals surface area contributed by atoms with E-state index in [1.807, 2.05) is 0 Å². The highest BCUT2D eigenvalue weighted by molar-refractivity contribution is 7.89. The van der Waals surface area contributed by atoms with Gasteiger partial charge in [0.15, 0.2) is 0 Å². The Bertz CT molecular complexity index is 610. The molecular formula is C15H19NO5S. The molecular weight excluding hydrogens is 306 g/mol. The summed E-state index contributed by atoms with van der Waals surface area (Å²) < 4.78 is 30.9. The van der Waals surface area contributed by atoms with Gasteiger partial charge >= 0.3 is 5.97 Å². The third kappa shape index (κ3) is 5.42. The number of aldehydes is 1. The molecule has 0 fully saturated rings. The molecule has 0 saturated heterocycles. The van der Waals surface area contributed by atoms with Gasteiger partial charge in [0.2, 0.25) is 10.0 Å². The molecule has 0 aliphatic heterocycles. The topological polar surface area (TPSA) is 80.8 Å². The minimum Gasteiger partial charge on any atom is -0.463 e. The molecule has 0 N–H and O–H groups in total. The second-order valence-corrected chi connectivity index (χ2v) is 6.22. The Labute approximate surface area is 130 Å². The van der Waals surface area contributed by atoms with E-state index < -0.39 is 16.0 Å². The monoisotopic (exact) mass is 325 g/mol. The van der Waals surface area contributed by atoms with Gasteiger partial charge in [-0.05, 0) is 19.1 Å². The number of sulfonamides is 1. The highest BCUT2D eigenvalue weighted by Gasteiger charge is 2.22. The van der Waals surface area contributed by atoms with Gasteiger partial charge in [-0.2, -0.15) is 4.31 Å². The third-order valence-electron chi connectivity index (χ3n) is 2.73. The van der Waals surface area contributed by atoms with E-state index in [-0.39, 0.29) is 31.0 Å². The summed E-state index contributed by atoms with van der Waals surface area (Å²) in [6.07, 6.45) is 3.32. The second kappa shape index (κ2) is 9.11. The van der Waals surface area contributed by atoms with E-state index in [1.54, 1.807) is 25.1 Å². The highest BCUT2D eigenvalue weighted by atomic mass is 32.2. The number of carbonyl (C=O) groups excluding carboxylic acids is 2. The number of carbonyl (C=O) groups is 2. The molecule has 0 radical (unpaired) electrons. The smallest absolute Gasteiger partial charge is 0.330 e. The predicted molar refractivity (Wildman–Crippen MR) is 81.7 cm³/mol. The van der Waals surface area contributed by atoms with Crippen LogP contribution in [-0.2, 0) is 24.3 Å². The predicted octanol–water partition coefficient (Wildman–Crippen LogP) is 1.39. The first-order chi connectivity index (χ1) is 10.5. The zero-order valence-corrected chi connectivity index (χ0v) is 13.2. The van der Waals surface area contributed by atoms with Crippen molar-refractivity contribution in [2.45, 2.75) is 18.2 Å². The van der Waals surface area contributed by atoms with Crippen molar-refractivity contribution in [2.75, 3.05) is 19.7 Å². The van der Waals surface area contributed by atoms with Gasteiger partial charge in [0.05, 0.1) is 11.5 Å². The molecule has 6 nitrogen and oxygen atoms in total. The number of nitrogens with zero attached hydrogens (tertiary/aromatic N) is 1. The summed E-state index contributed by atoms with van der Waals surface area (Å²) in [6.45, 7) is 1.97. The van der Waals surface area contributed by atoms with Gasteiger partial charge in [-0.25, -0.2) is 13.2 Å². The van der Waals surface area contributed by atoms with Crippen molar-refractivity contribution in [3.63, 3.8) is 0 Å². The summed E-state index contributed by atoms with van der Waals surface area (Å²) >= 11 is 0. The third-order valence-corrected chi connectivity index (χ3v) is 4.61. The zero-order valence-electron chi connectivity index (χ0n) is 12.3. The maximum atomic E-state index is 12.5. The molecule has 0 aliphatic rings. The van der Waals surface area contributed by atoms with Crippen molar-refractivity contribution in [2.24, 2.45) is 0 Å². The Morgan fingerprint density at radius 3 is 2.55 bits per heavy atom. The summed E-state index contributed by atoms with van der Waals surface area (Å²) in [5.74, 6) is -0.532. The fraction of sp³-hybridized carbons (Fsp3) is 0.333. The van der Waals surface area contributed by atoms with E-state index in [9.17, 15) is 18.0 Å². The molecule has 0 saturated carbocycles. The first-order valence-corrected chi connectivity index (χ1v) is 8.28. The Kier molecular flexibility index (Phi) is 7.48. The Hall–Kier alpha value is -1.99. The number of benzene rings is 1. The molecule has 1 rings (SSSR count). The maximum absolute atomic E-state index is 12.5. The van der Waals surface area contributed by atoms with Gasteiger partial charge in [-0.1, -0.05) is 24.3 Å². The van der Waals surface area contributed by atoms with E-state index in [4.69, 9.17) is 4.74 Å². The average Bonchev–Trinajstić information content (AvgIpc) is 2.51. The van der Waals surface area contributed by atoms with Gasteiger partial charge in [-0.3, -0.25) is 0 Å². The molecule has 120 valence electrons. The number of esters is 1. The van der Waals surface area contributed by atoms with Gasteiger partial charge < -0.3 is 9.53 Å². The van der Waals surface area contributed by atoms with Gasteiger partial charge in [0.1, 0.15) is 6.29 Å². The van der Waals surface area contributed by atoms with Crippen LogP contribution in [0.2, 0.25) is 0 Å². The van der Waals surface area contributed by atoms with Gasteiger partial charge in [-0.15, -0.1) is 0 Å². The number of hydrogen-bond donors (Lipinski definition) is 0. The molecule has 0 atom stereocenters. The van der Waals surface area contributed by atoms with E-state index in [0.29, 0.717) is 6.29 Å². The molecule has 1 aromatic carbocycles. The molecule has 0 heterocycles. The lowest BCUT2D eigenvalue weighted by molar-refractivity contribution is -0.137. The van der Waals surface area contributed by atoms with E-state index in [1.165, 1.54) is 24.3 Å². The van der Waals surface area contributed by atoms with Gasteiger partial charge in [0.25, 0.3) is 0 Å². The standard InChI is InChI=1S/C15H19NO5S/c1-2-21-15(18)10-6-11-16(12-7-13-17)22(19,20)14-8-4-3-5-9-14/h3-6,8-10,13H,2,7,11-12H2,1H3/b10-6+. The average molecular weight is 325 g/mol. The Morgan fingerprint density at radius 2 is 1.95 bits per heavy atom. The summed E-state index contributed by atoms with van der Waals surface area (Å²) in [4.78, 5) is 21.9. The lowest BCUT2D eigenvalue weighted by atomic mass is 10.4. The molecule has 1 aromatic rings. The molecule has 0 bridgehead atoms. The van der Waals surface area contributed by atoms with Crippen LogP contribution in [0.1, 0.15) is 13.3 Å². The first-order valence-electron chi connectivity index (χ1n) is 6.84. The fourth-order valence-corrected chi connectivity index (χ4v) is 3.13. The molecule has 7 heteroatoms. The van der Waals surface area contributed by atoms with Crippen molar-refractivity contribution in [1.29, 1.82) is 0 Å². The lowest BCUT2D eigenvalue weighted by Crippen LogP contribution is -2.32. The first kappa shape index (κ1) is 18.1. The van der Waals surface area contributed by atoms with E-state index in [2.05, 4.69) is 0 Å². The van der Waals surface area contributed by atoms with Crippen LogP contribution in [0.3, 0.4) is 0 Å². The quantitative estimate of drug-likeness (QED) is 0.389. The van der Waals surface area contributed by atoms with Crippen molar-refractivity contribution >= 4 is 22.3 Å². The Balaban J connectivity index is 2.88. The molecule has 22 heavy (non-hydrogen) atoms. The van der Waals surface area contributed by atoms with Crippen LogP contribution in [0.4, 0.5) is 0 Å². The lowest BCUT2D eigenvalue weighted by Gasteiger charge is -2.19. The fourth-order valence-electron chi connectivity index (χ4n) is 1.70. The summed E-state index contributed by atoms with van der Waals surface area (Å²) in [7, 11) is -3.71. The van der Waals surface area contributed by atoms with Gasteiger partial charge in [0, 0.05) is 25.6 Å². The molecule has 0 spiro atoms. The summed E-state index contributed by atoms with van der Waals surface area (Å²) in [5, 5.41) is 0. The molecule has 0 aromatic heterocycles. The zero-order chi connectivity index (χ0) is 16.4. The van der Waals surface area contributed by atoms with Crippen molar-refractivity contribution in [1.82, 2.24) is 4.31 Å². The normalized spacial score (nSPS) is 11.7. The van der Waals surface area contributed by atoms with Crippen LogP contribution >= 0.6 is 0 Å².